The molecule has 1 saturated heterocycles. The maximum absolute atomic E-state index is 11.9. The molecule has 1 aliphatic rings. The van der Waals surface area contributed by atoms with Crippen LogP contribution in [0, 0.1) is 5.41 Å². The number of hydrogen-bond acceptors (Lipinski definition) is 2. The largest absolute Gasteiger partial charge is 0.350 e. The minimum absolute atomic E-state index is 0.151. The number of rotatable bonds is 2. The third-order valence-electron chi connectivity index (χ3n) is 1.79. The van der Waals surface area contributed by atoms with Crippen LogP contribution in [0.1, 0.15) is 13.8 Å². The van der Waals surface area contributed by atoms with Gasteiger partial charge in [-0.15, -0.1) is 0 Å². The molecule has 0 aliphatic carbocycles. The van der Waals surface area contributed by atoms with Gasteiger partial charge in [0.15, 0.2) is 0 Å². The van der Waals surface area contributed by atoms with Gasteiger partial charge in [0.1, 0.15) is 0 Å². The zero-order valence-electron chi connectivity index (χ0n) is 6.92. The first kappa shape index (κ1) is 9.85. The van der Waals surface area contributed by atoms with Gasteiger partial charge in [-0.2, -0.15) is 13.1 Å². The molecule has 0 bridgehead atoms. The number of hydrogen-bond donors (Lipinski definition) is 0. The van der Waals surface area contributed by atoms with E-state index < -0.39 is 15.8 Å². The summed E-state index contributed by atoms with van der Waals surface area (Å²) < 4.78 is 46.2. The van der Waals surface area contributed by atoms with Crippen LogP contribution in [0.4, 0.5) is 8.78 Å². The number of alkyl halides is 2. The molecular weight excluding hydrogens is 188 g/mol. The third-order valence-corrected chi connectivity index (χ3v) is 3.22. The van der Waals surface area contributed by atoms with Crippen LogP contribution >= 0.6 is 0 Å². The second kappa shape index (κ2) is 2.63. The fraction of sp³-hybridized carbons (Fsp3) is 1.00. The summed E-state index contributed by atoms with van der Waals surface area (Å²) in [5, 5.41) is 0. The molecule has 0 aromatic heterocycles. The smallest absolute Gasteiger partial charge is 0.206 e. The van der Waals surface area contributed by atoms with Crippen LogP contribution in [0.5, 0.6) is 0 Å². The van der Waals surface area contributed by atoms with Crippen molar-refractivity contribution in [1.29, 1.82) is 0 Å². The summed E-state index contributed by atoms with van der Waals surface area (Å²) in [5.41, 5.74) is -0.151. The Kier molecular flexibility index (Phi) is 2.16. The highest BCUT2D eigenvalue weighted by Gasteiger charge is 2.44. The Labute approximate surface area is 70.4 Å². The van der Waals surface area contributed by atoms with Crippen LogP contribution in [0.15, 0.2) is 0 Å². The van der Waals surface area contributed by atoms with Gasteiger partial charge in [-0.3, -0.25) is 0 Å². The molecule has 6 heteroatoms. The van der Waals surface area contributed by atoms with E-state index in [0.29, 0.717) is 0 Å². The maximum Gasteiger partial charge on any atom is 0.350 e. The Morgan fingerprint density at radius 1 is 1.33 bits per heavy atom. The van der Waals surface area contributed by atoms with E-state index in [2.05, 4.69) is 0 Å². The van der Waals surface area contributed by atoms with E-state index in [9.17, 15) is 17.2 Å². The second-order valence-corrected chi connectivity index (χ2v) is 5.64. The monoisotopic (exact) mass is 199 g/mol. The topological polar surface area (TPSA) is 37.4 Å². The van der Waals surface area contributed by atoms with E-state index >= 15 is 0 Å². The zero-order chi connectivity index (χ0) is 9.57. The molecular formula is C6H11F2NO2S. The molecule has 1 heterocycles. The summed E-state index contributed by atoms with van der Waals surface area (Å²) in [5.74, 6) is -3.28. The van der Waals surface area contributed by atoms with Gasteiger partial charge in [-0.25, -0.2) is 8.42 Å². The fourth-order valence-electron chi connectivity index (χ4n) is 1.20. The summed E-state index contributed by atoms with van der Waals surface area (Å²) in [7, 11) is -4.31. The highest BCUT2D eigenvalue weighted by atomic mass is 32.2. The molecule has 12 heavy (non-hydrogen) atoms. The first-order valence-electron chi connectivity index (χ1n) is 3.53. The van der Waals surface area contributed by atoms with E-state index in [0.717, 1.165) is 4.31 Å². The molecule has 0 aromatic rings. The van der Waals surface area contributed by atoms with Gasteiger partial charge >= 0.3 is 5.76 Å². The molecule has 0 N–H and O–H groups in total. The van der Waals surface area contributed by atoms with E-state index in [-0.39, 0.29) is 18.5 Å². The SMILES string of the molecule is CC1(C)CN(S(=O)(=O)C(F)F)C1. The maximum atomic E-state index is 11.9. The molecule has 0 spiro atoms. The molecule has 1 fully saturated rings. The Hall–Kier alpha value is -0.230. The Morgan fingerprint density at radius 2 is 1.75 bits per heavy atom. The highest BCUT2D eigenvalue weighted by molar-refractivity contribution is 7.89. The Balaban J connectivity index is 2.65. The fourth-order valence-corrected chi connectivity index (χ4v) is 2.49. The summed E-state index contributed by atoms with van der Waals surface area (Å²) >= 11 is 0. The van der Waals surface area contributed by atoms with Gasteiger partial charge in [-0.05, 0) is 5.41 Å². The molecule has 0 atom stereocenters. The minimum atomic E-state index is -4.31. The molecule has 0 aromatic carbocycles. The number of nitrogens with zero attached hydrogens (tertiary/aromatic N) is 1. The predicted octanol–water partition coefficient (Wildman–Crippen LogP) is 0.881. The lowest BCUT2D eigenvalue weighted by molar-refractivity contribution is 0.0985. The van der Waals surface area contributed by atoms with Gasteiger partial charge < -0.3 is 0 Å². The summed E-state index contributed by atoms with van der Waals surface area (Å²) in [4.78, 5) is 0. The lowest BCUT2D eigenvalue weighted by Gasteiger charge is -2.44. The molecule has 0 unspecified atom stereocenters. The summed E-state index contributed by atoms with van der Waals surface area (Å²) in [6.07, 6.45) is 0. The average Bonchev–Trinajstić information content (AvgIpc) is 1.82. The van der Waals surface area contributed by atoms with E-state index in [1.807, 2.05) is 13.8 Å². The molecule has 1 rings (SSSR count). The Morgan fingerprint density at radius 3 is 2.00 bits per heavy atom. The van der Waals surface area contributed by atoms with Crippen molar-refractivity contribution >= 4 is 10.0 Å². The standard InChI is InChI=1S/C6H11F2NO2S/c1-6(2)3-9(4-6)12(10,11)5(7)8/h5H,3-4H2,1-2H3. The van der Waals surface area contributed by atoms with Crippen LogP contribution in [0.2, 0.25) is 0 Å². The van der Waals surface area contributed by atoms with Gasteiger partial charge in [0.2, 0.25) is 0 Å². The van der Waals surface area contributed by atoms with Crippen LogP contribution in [-0.4, -0.2) is 31.6 Å². The molecule has 0 saturated carbocycles. The second-order valence-electron chi connectivity index (χ2n) is 3.74. The van der Waals surface area contributed by atoms with Crippen molar-refractivity contribution in [1.82, 2.24) is 4.31 Å². The molecule has 0 radical (unpaired) electrons. The van der Waals surface area contributed by atoms with Crippen molar-refractivity contribution in [3.8, 4) is 0 Å². The first-order valence-corrected chi connectivity index (χ1v) is 5.03. The lowest BCUT2D eigenvalue weighted by atomic mass is 9.87. The average molecular weight is 199 g/mol. The van der Waals surface area contributed by atoms with Crippen LogP contribution in [-0.2, 0) is 10.0 Å². The van der Waals surface area contributed by atoms with E-state index in [1.165, 1.54) is 0 Å². The van der Waals surface area contributed by atoms with E-state index in [1.54, 1.807) is 0 Å². The van der Waals surface area contributed by atoms with Crippen molar-refractivity contribution < 1.29 is 17.2 Å². The van der Waals surface area contributed by atoms with Gasteiger partial charge in [-0.1, -0.05) is 13.8 Å². The van der Waals surface area contributed by atoms with Crippen molar-refractivity contribution in [2.45, 2.75) is 19.6 Å². The third kappa shape index (κ3) is 1.59. The number of sulfonamides is 1. The van der Waals surface area contributed by atoms with Gasteiger partial charge in [0, 0.05) is 13.1 Å². The van der Waals surface area contributed by atoms with Gasteiger partial charge in [0.25, 0.3) is 10.0 Å². The summed E-state index contributed by atoms with van der Waals surface area (Å²) in [6.45, 7) is 4.06. The van der Waals surface area contributed by atoms with Gasteiger partial charge in [0.05, 0.1) is 0 Å². The molecule has 1 aliphatic heterocycles. The summed E-state index contributed by atoms with van der Waals surface area (Å²) in [6, 6.07) is 0. The van der Waals surface area contributed by atoms with Crippen molar-refractivity contribution in [3.63, 3.8) is 0 Å². The van der Waals surface area contributed by atoms with Crippen LogP contribution < -0.4 is 0 Å². The normalized spacial score (nSPS) is 24.1. The minimum Gasteiger partial charge on any atom is -0.206 e. The molecule has 3 nitrogen and oxygen atoms in total. The van der Waals surface area contributed by atoms with Crippen LogP contribution in [0.25, 0.3) is 0 Å². The number of halogens is 2. The molecule has 0 amide bonds. The highest BCUT2D eigenvalue weighted by Crippen LogP contribution is 2.32. The molecule has 72 valence electrons. The van der Waals surface area contributed by atoms with Crippen molar-refractivity contribution in [2.24, 2.45) is 5.41 Å². The quantitative estimate of drug-likeness (QED) is 0.662. The Bertz CT molecular complexity index is 265. The zero-order valence-corrected chi connectivity index (χ0v) is 7.74. The van der Waals surface area contributed by atoms with Crippen molar-refractivity contribution in [2.75, 3.05) is 13.1 Å². The lowest BCUT2D eigenvalue weighted by Crippen LogP contribution is -2.56. The van der Waals surface area contributed by atoms with E-state index in [4.69, 9.17) is 0 Å². The van der Waals surface area contributed by atoms with Crippen LogP contribution in [0.3, 0.4) is 0 Å². The predicted molar refractivity (Wildman–Crippen MR) is 40.3 cm³/mol. The van der Waals surface area contributed by atoms with Crippen molar-refractivity contribution in [3.05, 3.63) is 0 Å². The first-order chi connectivity index (χ1) is 5.26.